The molecule has 25 heavy (non-hydrogen) atoms. The van der Waals surface area contributed by atoms with Gasteiger partial charge in [0.1, 0.15) is 12.1 Å². The molecule has 0 saturated heterocycles. The van der Waals surface area contributed by atoms with Crippen molar-refractivity contribution in [2.45, 2.75) is 46.5 Å². The summed E-state index contributed by atoms with van der Waals surface area (Å²) in [5.41, 5.74) is 1.17. The van der Waals surface area contributed by atoms with Crippen LogP contribution >= 0.6 is 0 Å². The molecule has 0 aliphatic carbocycles. The fourth-order valence-corrected chi connectivity index (χ4v) is 2.95. The van der Waals surface area contributed by atoms with Gasteiger partial charge in [0.25, 0.3) is 5.91 Å². The number of amides is 1. The van der Waals surface area contributed by atoms with Gasteiger partial charge in [-0.25, -0.2) is 4.98 Å². The zero-order valence-electron chi connectivity index (χ0n) is 16.1. The molecule has 0 bridgehead atoms. The van der Waals surface area contributed by atoms with Crippen LogP contribution in [-0.2, 0) is 17.8 Å². The molecule has 1 aliphatic heterocycles. The van der Waals surface area contributed by atoms with Crippen molar-refractivity contribution in [3.05, 3.63) is 23.8 Å². The smallest absolute Gasteiger partial charge is 0.273 e. The Morgan fingerprint density at radius 1 is 1.44 bits per heavy atom. The van der Waals surface area contributed by atoms with Crippen LogP contribution in [0.3, 0.4) is 0 Å². The standard InChI is InChI=1S/C18H31N5O2/c1-7-14-20-15(13-11-22(6)9-8-10-23(13)14)16(24)21-17(18(2,3)4)25-12-19-5/h7,17,19H,1,8-12H2,2-6H3,(H,21,24)/t17-/m1/s1. The van der Waals surface area contributed by atoms with Crippen LogP contribution in [0.2, 0.25) is 0 Å². The molecular weight excluding hydrogens is 318 g/mol. The van der Waals surface area contributed by atoms with Crippen molar-refractivity contribution in [1.82, 2.24) is 25.1 Å². The van der Waals surface area contributed by atoms with Crippen LogP contribution in [0, 0.1) is 5.41 Å². The first-order valence-electron chi connectivity index (χ1n) is 8.75. The molecule has 2 rings (SSSR count). The Hall–Kier alpha value is -1.70. The number of hydrogen-bond acceptors (Lipinski definition) is 5. The molecule has 1 aliphatic rings. The van der Waals surface area contributed by atoms with E-state index in [-0.39, 0.29) is 11.3 Å². The fourth-order valence-electron chi connectivity index (χ4n) is 2.95. The number of fused-ring (bicyclic) bond motifs is 1. The average Bonchev–Trinajstić information content (AvgIpc) is 2.76. The van der Waals surface area contributed by atoms with Gasteiger partial charge < -0.3 is 19.5 Å². The third-order valence-electron chi connectivity index (χ3n) is 4.28. The maximum atomic E-state index is 12.9. The van der Waals surface area contributed by atoms with E-state index in [1.54, 1.807) is 6.08 Å². The summed E-state index contributed by atoms with van der Waals surface area (Å²) in [6.45, 7) is 12.8. The molecule has 2 heterocycles. The van der Waals surface area contributed by atoms with E-state index in [1.165, 1.54) is 0 Å². The van der Waals surface area contributed by atoms with E-state index in [2.05, 4.69) is 38.7 Å². The highest BCUT2D eigenvalue weighted by Crippen LogP contribution is 2.23. The number of nitrogens with zero attached hydrogens (tertiary/aromatic N) is 3. The lowest BCUT2D eigenvalue weighted by molar-refractivity contribution is -0.0407. The topological polar surface area (TPSA) is 71.4 Å². The summed E-state index contributed by atoms with van der Waals surface area (Å²) in [6, 6.07) is 0. The van der Waals surface area contributed by atoms with Gasteiger partial charge in [-0.2, -0.15) is 0 Å². The summed E-state index contributed by atoms with van der Waals surface area (Å²) in [5, 5.41) is 5.95. The number of ether oxygens (including phenoxy) is 1. The molecule has 1 amide bonds. The molecule has 0 saturated carbocycles. The van der Waals surface area contributed by atoms with Crippen molar-refractivity contribution in [1.29, 1.82) is 0 Å². The van der Waals surface area contributed by atoms with E-state index in [0.717, 1.165) is 31.0 Å². The Morgan fingerprint density at radius 3 is 2.76 bits per heavy atom. The lowest BCUT2D eigenvalue weighted by atomic mass is 9.94. The molecule has 7 nitrogen and oxygen atoms in total. The lowest BCUT2D eigenvalue weighted by Crippen LogP contribution is -2.47. The Morgan fingerprint density at radius 2 is 2.16 bits per heavy atom. The summed E-state index contributed by atoms with van der Waals surface area (Å²) in [5.74, 6) is 0.544. The summed E-state index contributed by atoms with van der Waals surface area (Å²) in [7, 11) is 3.87. The average molecular weight is 349 g/mol. The van der Waals surface area contributed by atoms with E-state index < -0.39 is 6.23 Å². The van der Waals surface area contributed by atoms with E-state index in [9.17, 15) is 4.79 Å². The first kappa shape index (κ1) is 19.6. The molecule has 0 unspecified atom stereocenters. The van der Waals surface area contributed by atoms with E-state index in [1.807, 2.05) is 27.8 Å². The Bertz CT molecular complexity index is 618. The van der Waals surface area contributed by atoms with Crippen LogP contribution in [0.15, 0.2) is 6.58 Å². The largest absolute Gasteiger partial charge is 0.343 e. The molecular formula is C18H31N5O2. The molecule has 0 spiro atoms. The van der Waals surface area contributed by atoms with Crippen LogP contribution in [-0.4, -0.2) is 54.0 Å². The molecule has 140 valence electrons. The number of nitrogens with one attached hydrogen (secondary N) is 2. The van der Waals surface area contributed by atoms with Gasteiger partial charge in [-0.3, -0.25) is 10.1 Å². The van der Waals surface area contributed by atoms with Gasteiger partial charge in [-0.1, -0.05) is 27.4 Å². The van der Waals surface area contributed by atoms with Gasteiger partial charge >= 0.3 is 0 Å². The summed E-state index contributed by atoms with van der Waals surface area (Å²) in [6.07, 6.45) is 2.32. The summed E-state index contributed by atoms with van der Waals surface area (Å²) in [4.78, 5) is 19.7. The number of carbonyl (C=O) groups is 1. The monoisotopic (exact) mass is 349 g/mol. The number of hydrogen-bond donors (Lipinski definition) is 2. The van der Waals surface area contributed by atoms with Crippen molar-refractivity contribution < 1.29 is 9.53 Å². The maximum Gasteiger partial charge on any atom is 0.273 e. The number of carbonyl (C=O) groups excluding carboxylic acids is 1. The van der Waals surface area contributed by atoms with Gasteiger partial charge in [0.05, 0.1) is 12.4 Å². The second-order valence-electron chi connectivity index (χ2n) is 7.60. The van der Waals surface area contributed by atoms with Gasteiger partial charge in [-0.05, 0) is 33.1 Å². The van der Waals surface area contributed by atoms with E-state index in [4.69, 9.17) is 4.74 Å². The van der Waals surface area contributed by atoms with Crippen LogP contribution in [0.25, 0.3) is 6.08 Å². The third-order valence-corrected chi connectivity index (χ3v) is 4.28. The second kappa shape index (κ2) is 8.12. The van der Waals surface area contributed by atoms with Crippen molar-refractivity contribution in [2.75, 3.05) is 27.4 Å². The van der Waals surface area contributed by atoms with Gasteiger partial charge in [0.2, 0.25) is 0 Å². The molecule has 0 fully saturated rings. The van der Waals surface area contributed by atoms with Crippen molar-refractivity contribution >= 4 is 12.0 Å². The highest BCUT2D eigenvalue weighted by Gasteiger charge is 2.30. The number of aromatic nitrogens is 2. The minimum atomic E-state index is -0.416. The first-order valence-corrected chi connectivity index (χ1v) is 8.75. The van der Waals surface area contributed by atoms with Crippen molar-refractivity contribution in [3.8, 4) is 0 Å². The zero-order chi connectivity index (χ0) is 18.6. The Kier molecular flexibility index (Phi) is 6.37. The quantitative estimate of drug-likeness (QED) is 0.764. The van der Waals surface area contributed by atoms with E-state index >= 15 is 0 Å². The maximum absolute atomic E-state index is 12.9. The van der Waals surface area contributed by atoms with E-state index in [0.29, 0.717) is 19.0 Å². The van der Waals surface area contributed by atoms with Crippen LogP contribution < -0.4 is 10.6 Å². The molecule has 0 aromatic carbocycles. The second-order valence-corrected chi connectivity index (χ2v) is 7.60. The van der Waals surface area contributed by atoms with Crippen LogP contribution in [0.5, 0.6) is 0 Å². The summed E-state index contributed by atoms with van der Waals surface area (Å²) < 4.78 is 7.87. The molecule has 7 heteroatoms. The normalized spacial score (nSPS) is 16.8. The lowest BCUT2D eigenvalue weighted by Gasteiger charge is -2.31. The van der Waals surface area contributed by atoms with Gasteiger partial charge in [0, 0.05) is 18.5 Å². The van der Waals surface area contributed by atoms with Crippen LogP contribution in [0.4, 0.5) is 0 Å². The molecule has 1 atom stereocenters. The van der Waals surface area contributed by atoms with Crippen molar-refractivity contribution in [2.24, 2.45) is 5.41 Å². The van der Waals surface area contributed by atoms with Gasteiger partial charge in [0.15, 0.2) is 5.69 Å². The Balaban J connectivity index is 2.29. The van der Waals surface area contributed by atoms with Crippen molar-refractivity contribution in [3.63, 3.8) is 0 Å². The zero-order valence-corrected chi connectivity index (χ0v) is 16.1. The fraction of sp³-hybridized carbons (Fsp3) is 0.667. The minimum absolute atomic E-state index is 0.205. The van der Waals surface area contributed by atoms with Crippen LogP contribution in [0.1, 0.15) is 49.2 Å². The SMILES string of the molecule is C=Cc1nc(C(=O)N[C@H](OCNC)C(C)(C)C)c2n1CCCN(C)C2. The predicted molar refractivity (Wildman–Crippen MR) is 99.0 cm³/mol. The molecule has 0 radical (unpaired) electrons. The Labute approximate surface area is 150 Å². The molecule has 1 aromatic rings. The summed E-state index contributed by atoms with van der Waals surface area (Å²) >= 11 is 0. The highest BCUT2D eigenvalue weighted by molar-refractivity contribution is 5.94. The highest BCUT2D eigenvalue weighted by atomic mass is 16.5. The number of rotatable bonds is 6. The number of imidazole rings is 1. The molecule has 2 N–H and O–H groups in total. The third kappa shape index (κ3) is 4.68. The molecule has 1 aromatic heterocycles. The predicted octanol–water partition coefficient (Wildman–Crippen LogP) is 1.66. The van der Waals surface area contributed by atoms with Gasteiger partial charge in [-0.15, -0.1) is 0 Å². The first-order chi connectivity index (χ1) is 11.8. The minimum Gasteiger partial charge on any atom is -0.343 e.